The van der Waals surface area contributed by atoms with E-state index in [0.29, 0.717) is 17.7 Å². The van der Waals surface area contributed by atoms with Crippen molar-refractivity contribution in [2.45, 2.75) is 13.2 Å². The summed E-state index contributed by atoms with van der Waals surface area (Å²) in [6.45, 7) is 0.680. The van der Waals surface area contributed by atoms with Gasteiger partial charge in [0, 0.05) is 12.1 Å². The van der Waals surface area contributed by atoms with E-state index in [0.717, 1.165) is 11.1 Å². The number of carbonyl (C=O) groups is 2. The molecule has 0 heterocycles. The van der Waals surface area contributed by atoms with Crippen molar-refractivity contribution in [2.75, 3.05) is 0 Å². The predicted molar refractivity (Wildman–Crippen MR) is 99.6 cm³/mol. The van der Waals surface area contributed by atoms with Crippen molar-refractivity contribution < 1.29 is 14.3 Å². The summed E-state index contributed by atoms with van der Waals surface area (Å²) in [5.74, 6) is -0.594. The summed E-state index contributed by atoms with van der Waals surface area (Å²) in [7, 11) is 0. The van der Waals surface area contributed by atoms with Gasteiger partial charge in [-0.25, -0.2) is 4.79 Å². The molecule has 3 aromatic carbocycles. The summed E-state index contributed by atoms with van der Waals surface area (Å²) in [6, 6.07) is 25.6. The molecule has 0 saturated heterocycles. The Morgan fingerprint density at radius 3 is 1.85 bits per heavy atom. The lowest BCUT2D eigenvalue weighted by Gasteiger charge is -2.07. The van der Waals surface area contributed by atoms with Crippen molar-refractivity contribution in [3.63, 3.8) is 0 Å². The average molecular weight is 345 g/mol. The minimum Gasteiger partial charge on any atom is -0.457 e. The quantitative estimate of drug-likeness (QED) is 0.688. The van der Waals surface area contributed by atoms with Crippen LogP contribution in [0.5, 0.6) is 0 Å². The number of amides is 1. The Bertz CT molecular complexity index is 784. The summed E-state index contributed by atoms with van der Waals surface area (Å²) >= 11 is 0. The number of hydrogen-bond donors (Lipinski definition) is 1. The third-order valence-corrected chi connectivity index (χ3v) is 3.89. The van der Waals surface area contributed by atoms with E-state index in [2.05, 4.69) is 5.32 Å². The minimum absolute atomic E-state index is 0.182. The Kier molecular flexibility index (Phi) is 5.78. The van der Waals surface area contributed by atoms with E-state index in [4.69, 9.17) is 4.74 Å². The molecule has 130 valence electrons. The summed E-state index contributed by atoms with van der Waals surface area (Å²) < 4.78 is 5.28. The van der Waals surface area contributed by atoms with Crippen molar-refractivity contribution in [1.82, 2.24) is 5.32 Å². The molecule has 4 heteroatoms. The molecule has 0 atom stereocenters. The highest BCUT2D eigenvalue weighted by Gasteiger charge is 2.10. The number of carbonyl (C=O) groups excluding carboxylic acids is 2. The van der Waals surface area contributed by atoms with Gasteiger partial charge in [-0.15, -0.1) is 0 Å². The normalized spacial score (nSPS) is 10.2. The molecular weight excluding hydrogens is 326 g/mol. The number of nitrogens with one attached hydrogen (secondary N) is 1. The maximum absolute atomic E-state index is 12.2. The van der Waals surface area contributed by atoms with Gasteiger partial charge in [0.1, 0.15) is 6.61 Å². The van der Waals surface area contributed by atoms with Gasteiger partial charge in [-0.05, 0) is 35.4 Å². The van der Waals surface area contributed by atoms with Crippen LogP contribution in [0.1, 0.15) is 31.8 Å². The summed E-state index contributed by atoms with van der Waals surface area (Å²) in [6.07, 6.45) is 0. The number of esters is 1. The zero-order valence-electron chi connectivity index (χ0n) is 14.2. The molecule has 1 N–H and O–H groups in total. The first-order chi connectivity index (χ1) is 12.7. The van der Waals surface area contributed by atoms with Gasteiger partial charge in [0.05, 0.1) is 5.56 Å². The lowest BCUT2D eigenvalue weighted by atomic mass is 10.1. The molecule has 0 aliphatic carbocycles. The Morgan fingerprint density at radius 1 is 0.692 bits per heavy atom. The van der Waals surface area contributed by atoms with E-state index in [1.54, 1.807) is 24.3 Å². The fourth-order valence-corrected chi connectivity index (χ4v) is 2.44. The molecule has 0 aliphatic heterocycles. The fraction of sp³-hybridized carbons (Fsp3) is 0.0909. The van der Waals surface area contributed by atoms with E-state index in [-0.39, 0.29) is 12.5 Å². The van der Waals surface area contributed by atoms with E-state index >= 15 is 0 Å². The van der Waals surface area contributed by atoms with Crippen molar-refractivity contribution in [3.05, 3.63) is 107 Å². The molecule has 4 nitrogen and oxygen atoms in total. The maximum Gasteiger partial charge on any atom is 0.338 e. The molecular formula is C22H19NO3. The number of benzene rings is 3. The van der Waals surface area contributed by atoms with Gasteiger partial charge >= 0.3 is 5.97 Å². The molecule has 0 saturated carbocycles. The van der Waals surface area contributed by atoms with Crippen molar-refractivity contribution in [1.29, 1.82) is 0 Å². The molecule has 26 heavy (non-hydrogen) atoms. The zero-order valence-corrected chi connectivity index (χ0v) is 14.2. The molecule has 3 aromatic rings. The highest BCUT2D eigenvalue weighted by molar-refractivity contribution is 5.96. The SMILES string of the molecule is O=C(NCc1ccccc1)c1ccc(C(=O)OCc2ccccc2)cc1. The van der Waals surface area contributed by atoms with E-state index in [1.807, 2.05) is 60.7 Å². The first-order valence-electron chi connectivity index (χ1n) is 8.35. The molecule has 3 rings (SSSR count). The first-order valence-corrected chi connectivity index (χ1v) is 8.35. The molecule has 1 amide bonds. The van der Waals surface area contributed by atoms with Crippen molar-refractivity contribution >= 4 is 11.9 Å². The average Bonchev–Trinajstić information content (AvgIpc) is 2.72. The lowest BCUT2D eigenvalue weighted by molar-refractivity contribution is 0.0472. The highest BCUT2D eigenvalue weighted by Crippen LogP contribution is 2.09. The Balaban J connectivity index is 1.53. The smallest absolute Gasteiger partial charge is 0.338 e. The van der Waals surface area contributed by atoms with Crippen molar-refractivity contribution in [3.8, 4) is 0 Å². The van der Waals surface area contributed by atoms with Gasteiger partial charge in [-0.2, -0.15) is 0 Å². The van der Waals surface area contributed by atoms with Crippen LogP contribution in [0.2, 0.25) is 0 Å². The number of hydrogen-bond acceptors (Lipinski definition) is 3. The van der Waals surface area contributed by atoms with Crippen LogP contribution in [0, 0.1) is 0 Å². The predicted octanol–water partition coefficient (Wildman–Crippen LogP) is 3.97. The van der Waals surface area contributed by atoms with Gasteiger partial charge in [0.25, 0.3) is 5.91 Å². The van der Waals surface area contributed by atoms with E-state index in [1.165, 1.54) is 0 Å². The second-order valence-electron chi connectivity index (χ2n) is 5.81. The Labute approximate surface area is 152 Å². The van der Waals surface area contributed by atoms with Crippen LogP contribution < -0.4 is 5.32 Å². The summed E-state index contributed by atoms with van der Waals surface area (Å²) in [5, 5.41) is 2.86. The topological polar surface area (TPSA) is 55.4 Å². The molecule has 0 bridgehead atoms. The van der Waals surface area contributed by atoms with Gasteiger partial charge < -0.3 is 10.1 Å². The fourth-order valence-electron chi connectivity index (χ4n) is 2.44. The molecule has 0 radical (unpaired) electrons. The van der Waals surface area contributed by atoms with Gasteiger partial charge in [0.2, 0.25) is 0 Å². The lowest BCUT2D eigenvalue weighted by Crippen LogP contribution is -2.22. The monoisotopic (exact) mass is 345 g/mol. The zero-order chi connectivity index (χ0) is 18.2. The Hall–Kier alpha value is -3.40. The summed E-state index contributed by atoms with van der Waals surface area (Å²) in [4.78, 5) is 24.3. The molecule has 0 fully saturated rings. The third kappa shape index (κ3) is 4.80. The largest absolute Gasteiger partial charge is 0.457 e. The van der Waals surface area contributed by atoms with Gasteiger partial charge in [-0.1, -0.05) is 60.7 Å². The highest BCUT2D eigenvalue weighted by atomic mass is 16.5. The van der Waals surface area contributed by atoms with E-state index < -0.39 is 5.97 Å². The van der Waals surface area contributed by atoms with Gasteiger partial charge in [-0.3, -0.25) is 4.79 Å². The van der Waals surface area contributed by atoms with Crippen LogP contribution in [0.3, 0.4) is 0 Å². The maximum atomic E-state index is 12.2. The number of rotatable bonds is 6. The summed E-state index contributed by atoms with van der Waals surface area (Å²) in [5.41, 5.74) is 2.88. The third-order valence-electron chi connectivity index (χ3n) is 3.89. The molecule has 0 unspecified atom stereocenters. The van der Waals surface area contributed by atoms with Crippen LogP contribution >= 0.6 is 0 Å². The van der Waals surface area contributed by atoms with Crippen LogP contribution in [0.4, 0.5) is 0 Å². The second kappa shape index (κ2) is 8.62. The molecule has 0 aliphatic rings. The van der Waals surface area contributed by atoms with Crippen LogP contribution in [-0.4, -0.2) is 11.9 Å². The molecule has 0 spiro atoms. The van der Waals surface area contributed by atoms with E-state index in [9.17, 15) is 9.59 Å². The second-order valence-corrected chi connectivity index (χ2v) is 5.81. The van der Waals surface area contributed by atoms with Crippen LogP contribution in [0.15, 0.2) is 84.9 Å². The van der Waals surface area contributed by atoms with Crippen LogP contribution in [-0.2, 0) is 17.9 Å². The minimum atomic E-state index is -0.412. The first kappa shape index (κ1) is 17.4. The van der Waals surface area contributed by atoms with Crippen LogP contribution in [0.25, 0.3) is 0 Å². The standard InChI is InChI=1S/C22H19NO3/c24-21(23-15-17-7-3-1-4-8-17)19-11-13-20(14-12-19)22(25)26-16-18-9-5-2-6-10-18/h1-14H,15-16H2,(H,23,24). The van der Waals surface area contributed by atoms with Gasteiger partial charge in [0.15, 0.2) is 0 Å². The number of ether oxygens (including phenoxy) is 1. The van der Waals surface area contributed by atoms with Crippen molar-refractivity contribution in [2.24, 2.45) is 0 Å². The molecule has 0 aromatic heterocycles. The Morgan fingerprint density at radius 2 is 1.23 bits per heavy atom.